The third-order valence-electron chi connectivity index (χ3n) is 2.70. The highest BCUT2D eigenvalue weighted by atomic mass is 32.2. The predicted molar refractivity (Wildman–Crippen MR) is 79.8 cm³/mol. The van der Waals surface area contributed by atoms with Crippen LogP contribution >= 0.6 is 11.3 Å². The maximum absolute atomic E-state index is 12.2. The number of ether oxygens (including phenoxy) is 1. The van der Waals surface area contributed by atoms with Crippen LogP contribution in [0.3, 0.4) is 0 Å². The zero-order valence-electron chi connectivity index (χ0n) is 11.3. The van der Waals surface area contributed by atoms with Crippen LogP contribution < -0.4 is 9.46 Å². The first-order valence-electron chi connectivity index (χ1n) is 5.83. The highest BCUT2D eigenvalue weighted by Crippen LogP contribution is 2.29. The van der Waals surface area contributed by atoms with Gasteiger partial charge in [0.25, 0.3) is 10.0 Å². The number of anilines is 1. The Kier molecular flexibility index (Phi) is 4.19. The van der Waals surface area contributed by atoms with E-state index in [9.17, 15) is 13.2 Å². The molecule has 0 bridgehead atoms. The van der Waals surface area contributed by atoms with Crippen LogP contribution in [0.5, 0.6) is 5.75 Å². The maximum Gasteiger partial charge on any atom is 0.345 e. The number of methoxy groups -OCH3 is 1. The van der Waals surface area contributed by atoms with Gasteiger partial charge in [-0.1, -0.05) is 6.07 Å². The van der Waals surface area contributed by atoms with Gasteiger partial charge in [-0.2, -0.15) is 0 Å². The molecule has 0 aliphatic carbocycles. The second-order valence-electron chi connectivity index (χ2n) is 4.26. The van der Waals surface area contributed by atoms with E-state index in [2.05, 4.69) is 4.72 Å². The van der Waals surface area contributed by atoms with Crippen molar-refractivity contribution in [1.82, 2.24) is 0 Å². The van der Waals surface area contributed by atoms with Gasteiger partial charge in [0.05, 0.1) is 17.7 Å². The molecular weight excluding hydrogens is 314 g/mol. The average molecular weight is 327 g/mol. The number of sulfonamides is 1. The second kappa shape index (κ2) is 5.74. The molecule has 1 aromatic carbocycles. The molecule has 21 heavy (non-hydrogen) atoms. The molecule has 8 heteroatoms. The summed E-state index contributed by atoms with van der Waals surface area (Å²) in [5.41, 5.74) is 1.23. The molecule has 0 aliphatic rings. The minimum atomic E-state index is -3.85. The number of carboxylic acids is 1. The number of thiophene rings is 1. The maximum atomic E-state index is 12.2. The first-order chi connectivity index (χ1) is 9.83. The van der Waals surface area contributed by atoms with Crippen molar-refractivity contribution in [3.63, 3.8) is 0 Å². The Morgan fingerprint density at radius 3 is 2.62 bits per heavy atom. The van der Waals surface area contributed by atoms with Gasteiger partial charge < -0.3 is 9.84 Å². The lowest BCUT2D eigenvalue weighted by atomic mass is 10.2. The number of rotatable bonds is 5. The fraction of sp³-hybridized carbons (Fsp3) is 0.154. The van der Waals surface area contributed by atoms with E-state index in [-0.39, 0.29) is 9.77 Å². The Morgan fingerprint density at radius 1 is 1.33 bits per heavy atom. The third kappa shape index (κ3) is 3.34. The van der Waals surface area contributed by atoms with Gasteiger partial charge >= 0.3 is 5.97 Å². The minimum Gasteiger partial charge on any atom is -0.495 e. The number of carbonyl (C=O) groups is 1. The zero-order valence-corrected chi connectivity index (χ0v) is 12.9. The van der Waals surface area contributed by atoms with Crippen molar-refractivity contribution in [2.75, 3.05) is 11.8 Å². The molecule has 0 aliphatic heterocycles. The highest BCUT2D eigenvalue weighted by molar-refractivity contribution is 7.92. The number of carboxylic acid groups (broad SMARTS) is 1. The second-order valence-corrected chi connectivity index (χ2v) is 6.85. The molecule has 0 saturated heterocycles. The summed E-state index contributed by atoms with van der Waals surface area (Å²) >= 11 is 0.858. The van der Waals surface area contributed by atoms with Crippen LogP contribution in [0.25, 0.3) is 0 Å². The molecular formula is C13H13NO5S2. The number of hydrogen-bond donors (Lipinski definition) is 2. The Labute approximate surface area is 126 Å². The van der Waals surface area contributed by atoms with Crippen molar-refractivity contribution in [3.05, 3.63) is 40.1 Å². The van der Waals surface area contributed by atoms with Crippen LogP contribution in [-0.4, -0.2) is 26.6 Å². The highest BCUT2D eigenvalue weighted by Gasteiger charge is 2.20. The average Bonchev–Trinajstić information content (AvgIpc) is 2.91. The molecule has 0 atom stereocenters. The molecule has 0 unspecified atom stereocenters. The summed E-state index contributed by atoms with van der Waals surface area (Å²) in [6.07, 6.45) is 0. The lowest BCUT2D eigenvalue weighted by Crippen LogP contribution is -2.13. The summed E-state index contributed by atoms with van der Waals surface area (Å²) in [6.45, 7) is 1.86. The Balaban J connectivity index is 2.35. The molecule has 2 N–H and O–H groups in total. The lowest BCUT2D eigenvalue weighted by molar-refractivity contribution is 0.0702. The van der Waals surface area contributed by atoms with Gasteiger partial charge in [-0.25, -0.2) is 13.2 Å². The first-order valence-corrected chi connectivity index (χ1v) is 8.19. The summed E-state index contributed by atoms with van der Waals surface area (Å²) in [6, 6.07) is 6.16. The summed E-state index contributed by atoms with van der Waals surface area (Å²) in [7, 11) is -2.41. The van der Waals surface area contributed by atoms with Gasteiger partial charge in [-0.05, 0) is 30.7 Å². The van der Waals surface area contributed by atoms with Crippen molar-refractivity contribution in [1.29, 1.82) is 0 Å². The fourth-order valence-electron chi connectivity index (χ4n) is 1.66. The summed E-state index contributed by atoms with van der Waals surface area (Å²) in [5.74, 6) is -0.762. The van der Waals surface area contributed by atoms with E-state index >= 15 is 0 Å². The number of aromatic carboxylic acids is 1. The van der Waals surface area contributed by atoms with E-state index in [1.54, 1.807) is 18.2 Å². The van der Waals surface area contributed by atoms with Gasteiger partial charge in [0.1, 0.15) is 10.6 Å². The molecule has 2 rings (SSSR count). The molecule has 0 fully saturated rings. The van der Waals surface area contributed by atoms with Crippen LogP contribution in [0.15, 0.2) is 34.5 Å². The number of benzene rings is 1. The third-order valence-corrected chi connectivity index (χ3v) is 5.11. The van der Waals surface area contributed by atoms with Crippen molar-refractivity contribution in [3.8, 4) is 5.75 Å². The lowest BCUT2D eigenvalue weighted by Gasteiger charge is -2.11. The van der Waals surface area contributed by atoms with Gasteiger partial charge in [0, 0.05) is 5.38 Å². The van der Waals surface area contributed by atoms with Crippen molar-refractivity contribution in [2.45, 2.75) is 11.8 Å². The van der Waals surface area contributed by atoms with Gasteiger partial charge in [-0.15, -0.1) is 11.3 Å². The summed E-state index contributed by atoms with van der Waals surface area (Å²) in [5, 5.41) is 10.1. The minimum absolute atomic E-state index is 0.0359. The van der Waals surface area contributed by atoms with Crippen LogP contribution in [-0.2, 0) is 10.0 Å². The van der Waals surface area contributed by atoms with E-state index in [0.717, 1.165) is 23.0 Å². The molecule has 0 amide bonds. The van der Waals surface area contributed by atoms with E-state index < -0.39 is 16.0 Å². The molecule has 2 aromatic rings. The first kappa shape index (κ1) is 15.3. The zero-order chi connectivity index (χ0) is 15.6. The van der Waals surface area contributed by atoms with Crippen LogP contribution in [0.4, 0.5) is 5.69 Å². The van der Waals surface area contributed by atoms with Crippen LogP contribution in [0, 0.1) is 6.92 Å². The summed E-state index contributed by atoms with van der Waals surface area (Å²) in [4.78, 5) is 10.7. The quantitative estimate of drug-likeness (QED) is 0.880. The van der Waals surface area contributed by atoms with E-state index in [0.29, 0.717) is 11.4 Å². The topological polar surface area (TPSA) is 92.7 Å². The van der Waals surface area contributed by atoms with E-state index in [1.807, 2.05) is 6.92 Å². The SMILES string of the molecule is COc1cc(C)ccc1NS(=O)(=O)c1csc(C(=O)O)c1. The normalized spacial score (nSPS) is 11.1. The largest absolute Gasteiger partial charge is 0.495 e. The standard InChI is InChI=1S/C13H13NO5S2/c1-8-3-4-10(11(5-8)19-2)14-21(17,18)9-6-12(13(15)16)20-7-9/h3-7,14H,1-2H3,(H,15,16). The van der Waals surface area contributed by atoms with Crippen LogP contribution in [0.1, 0.15) is 15.2 Å². The Hall–Kier alpha value is -2.06. The Morgan fingerprint density at radius 2 is 2.05 bits per heavy atom. The fourth-order valence-corrected chi connectivity index (χ4v) is 3.84. The van der Waals surface area contributed by atoms with Crippen molar-refractivity contribution in [2.24, 2.45) is 0 Å². The molecule has 0 saturated carbocycles. The molecule has 0 spiro atoms. The van der Waals surface area contributed by atoms with Crippen molar-refractivity contribution < 1.29 is 23.1 Å². The molecule has 6 nitrogen and oxygen atoms in total. The Bertz CT molecular complexity index is 780. The predicted octanol–water partition coefficient (Wildman–Crippen LogP) is 2.56. The summed E-state index contributed by atoms with van der Waals surface area (Å²) < 4.78 is 32.0. The van der Waals surface area contributed by atoms with Gasteiger partial charge in [0.15, 0.2) is 0 Å². The molecule has 1 heterocycles. The number of nitrogens with one attached hydrogen (secondary N) is 1. The number of aryl methyl sites for hydroxylation is 1. The van der Waals surface area contributed by atoms with Gasteiger partial charge in [0.2, 0.25) is 0 Å². The monoisotopic (exact) mass is 327 g/mol. The molecule has 112 valence electrons. The van der Waals surface area contributed by atoms with Gasteiger partial charge in [-0.3, -0.25) is 4.72 Å². The van der Waals surface area contributed by atoms with Crippen LogP contribution in [0.2, 0.25) is 0 Å². The smallest absolute Gasteiger partial charge is 0.345 e. The van der Waals surface area contributed by atoms with E-state index in [1.165, 1.54) is 12.5 Å². The number of hydrogen-bond acceptors (Lipinski definition) is 5. The van der Waals surface area contributed by atoms with E-state index in [4.69, 9.17) is 9.84 Å². The molecule has 1 aromatic heterocycles. The van der Waals surface area contributed by atoms with Crippen molar-refractivity contribution >= 4 is 33.0 Å². The molecule has 0 radical (unpaired) electrons.